The van der Waals surface area contributed by atoms with Crippen molar-refractivity contribution in [2.45, 2.75) is 19.9 Å². The molecule has 3 rings (SSSR count). The molecule has 0 spiro atoms. The van der Waals surface area contributed by atoms with Crippen LogP contribution < -0.4 is 10.3 Å². The number of rotatable bonds is 8. The number of aromatic nitrogens is 2. The highest BCUT2D eigenvalue weighted by atomic mass is 35.5. The summed E-state index contributed by atoms with van der Waals surface area (Å²) in [6, 6.07) is 10.3. The van der Waals surface area contributed by atoms with E-state index in [1.54, 1.807) is 18.2 Å². The van der Waals surface area contributed by atoms with E-state index in [-0.39, 0.29) is 30.3 Å². The number of nitro groups is 1. The predicted molar refractivity (Wildman–Crippen MR) is 112 cm³/mol. The molecular formula is C20H19ClN4O5. The van der Waals surface area contributed by atoms with Crippen molar-refractivity contribution < 1.29 is 14.5 Å². The lowest BCUT2D eigenvalue weighted by Gasteiger charge is -2.21. The molecular weight excluding hydrogens is 412 g/mol. The second-order valence-corrected chi connectivity index (χ2v) is 6.97. The van der Waals surface area contributed by atoms with E-state index in [1.807, 2.05) is 6.92 Å². The molecule has 0 radical (unpaired) electrons. The lowest BCUT2D eigenvalue weighted by Crippen LogP contribution is -2.36. The molecule has 1 amide bonds. The van der Waals surface area contributed by atoms with Gasteiger partial charge in [0.25, 0.3) is 17.2 Å². The van der Waals surface area contributed by atoms with Gasteiger partial charge in [0.15, 0.2) is 6.61 Å². The number of benzene rings is 2. The molecule has 0 unspecified atom stereocenters. The van der Waals surface area contributed by atoms with Gasteiger partial charge in [-0.25, -0.2) is 4.98 Å². The molecule has 0 aliphatic heterocycles. The molecule has 0 saturated heterocycles. The third-order valence-electron chi connectivity index (χ3n) is 4.31. The number of nitrogens with zero attached hydrogens (tertiary/aromatic N) is 3. The van der Waals surface area contributed by atoms with E-state index in [1.165, 1.54) is 29.2 Å². The first kappa shape index (κ1) is 21.3. The van der Waals surface area contributed by atoms with Gasteiger partial charge in [-0.3, -0.25) is 19.7 Å². The highest BCUT2D eigenvalue weighted by molar-refractivity contribution is 6.31. The SMILES string of the molecule is CCCN(Cc1nc2cc(Cl)ccc2c(=O)[nH]1)C(=O)COc1ccc([N+](=O)[O-])cc1. The van der Waals surface area contributed by atoms with Crippen molar-refractivity contribution in [3.8, 4) is 5.75 Å². The first-order chi connectivity index (χ1) is 14.4. The van der Waals surface area contributed by atoms with E-state index < -0.39 is 4.92 Å². The summed E-state index contributed by atoms with van der Waals surface area (Å²) in [4.78, 5) is 43.8. The zero-order valence-electron chi connectivity index (χ0n) is 16.1. The summed E-state index contributed by atoms with van der Waals surface area (Å²) in [5, 5.41) is 11.6. The van der Waals surface area contributed by atoms with E-state index in [2.05, 4.69) is 9.97 Å². The molecule has 3 aromatic rings. The number of hydrogen-bond acceptors (Lipinski definition) is 6. The standard InChI is InChI=1S/C20H19ClN4O5/c1-2-9-24(19(26)12-30-15-6-4-14(5-7-15)25(28)29)11-18-22-17-10-13(21)3-8-16(17)20(27)23-18/h3-8,10H,2,9,11-12H2,1H3,(H,22,23,27). The van der Waals surface area contributed by atoms with Crippen LogP contribution in [0.5, 0.6) is 5.75 Å². The number of amides is 1. The quantitative estimate of drug-likeness (QED) is 0.432. The number of hydrogen-bond donors (Lipinski definition) is 1. The fourth-order valence-corrected chi connectivity index (χ4v) is 3.05. The zero-order valence-corrected chi connectivity index (χ0v) is 16.9. The summed E-state index contributed by atoms with van der Waals surface area (Å²) in [6.45, 7) is 2.23. The van der Waals surface area contributed by atoms with Crippen LogP contribution in [0.15, 0.2) is 47.3 Å². The van der Waals surface area contributed by atoms with Crippen molar-refractivity contribution in [3.05, 3.63) is 73.8 Å². The Morgan fingerprint density at radius 2 is 2.00 bits per heavy atom. The molecule has 2 aromatic carbocycles. The van der Waals surface area contributed by atoms with Gasteiger partial charge in [0.05, 0.1) is 22.4 Å². The number of fused-ring (bicyclic) bond motifs is 1. The molecule has 0 atom stereocenters. The van der Waals surface area contributed by atoms with Crippen LogP contribution in [0.1, 0.15) is 19.2 Å². The largest absolute Gasteiger partial charge is 0.484 e. The van der Waals surface area contributed by atoms with E-state index in [4.69, 9.17) is 16.3 Å². The summed E-state index contributed by atoms with van der Waals surface area (Å²) in [5.74, 6) is 0.383. The highest BCUT2D eigenvalue weighted by Crippen LogP contribution is 2.18. The summed E-state index contributed by atoms with van der Waals surface area (Å²) < 4.78 is 5.45. The molecule has 0 saturated carbocycles. The average molecular weight is 431 g/mol. The summed E-state index contributed by atoms with van der Waals surface area (Å²) in [6.07, 6.45) is 0.701. The van der Waals surface area contributed by atoms with Crippen molar-refractivity contribution in [2.75, 3.05) is 13.2 Å². The van der Waals surface area contributed by atoms with E-state index >= 15 is 0 Å². The van der Waals surface area contributed by atoms with Gasteiger partial charge >= 0.3 is 0 Å². The Labute approximate surface area is 176 Å². The average Bonchev–Trinajstić information content (AvgIpc) is 2.71. The number of H-pyrrole nitrogens is 1. The van der Waals surface area contributed by atoms with Crippen molar-refractivity contribution in [1.82, 2.24) is 14.9 Å². The number of non-ortho nitro benzene ring substituents is 1. The van der Waals surface area contributed by atoms with E-state index in [0.29, 0.717) is 40.5 Å². The number of carbonyl (C=O) groups is 1. The van der Waals surface area contributed by atoms with Gasteiger partial charge in [-0.05, 0) is 36.8 Å². The monoisotopic (exact) mass is 430 g/mol. The summed E-state index contributed by atoms with van der Waals surface area (Å²) in [5.41, 5.74) is 0.0812. The Morgan fingerprint density at radius 3 is 2.67 bits per heavy atom. The van der Waals surface area contributed by atoms with Gasteiger partial charge in [-0.15, -0.1) is 0 Å². The maximum Gasteiger partial charge on any atom is 0.269 e. The van der Waals surface area contributed by atoms with Gasteiger partial charge in [0, 0.05) is 23.7 Å². The zero-order chi connectivity index (χ0) is 21.7. The predicted octanol–water partition coefficient (Wildman–Crippen LogP) is 3.30. The summed E-state index contributed by atoms with van der Waals surface area (Å²) >= 11 is 5.99. The Balaban J connectivity index is 1.72. The lowest BCUT2D eigenvalue weighted by atomic mass is 10.2. The Kier molecular flexibility index (Phi) is 6.63. The maximum atomic E-state index is 12.6. The van der Waals surface area contributed by atoms with Crippen LogP contribution in [0.4, 0.5) is 5.69 Å². The number of nitro benzene ring substituents is 1. The number of nitrogens with one attached hydrogen (secondary N) is 1. The third-order valence-corrected chi connectivity index (χ3v) is 4.55. The molecule has 0 aliphatic rings. The van der Waals surface area contributed by atoms with Crippen LogP contribution >= 0.6 is 11.6 Å². The lowest BCUT2D eigenvalue weighted by molar-refractivity contribution is -0.384. The van der Waals surface area contributed by atoms with Crippen LogP contribution in [0, 0.1) is 10.1 Å². The molecule has 1 heterocycles. The molecule has 1 aromatic heterocycles. The van der Waals surface area contributed by atoms with Crippen molar-refractivity contribution in [1.29, 1.82) is 0 Å². The minimum atomic E-state index is -0.511. The first-order valence-corrected chi connectivity index (χ1v) is 9.58. The number of ether oxygens (including phenoxy) is 1. The second-order valence-electron chi connectivity index (χ2n) is 6.53. The molecule has 0 aliphatic carbocycles. The van der Waals surface area contributed by atoms with Crippen molar-refractivity contribution in [2.24, 2.45) is 0 Å². The van der Waals surface area contributed by atoms with Gasteiger partial charge in [0.2, 0.25) is 0 Å². The number of halogens is 1. The molecule has 1 N–H and O–H groups in total. The van der Waals surface area contributed by atoms with Gasteiger partial charge in [-0.1, -0.05) is 18.5 Å². The highest BCUT2D eigenvalue weighted by Gasteiger charge is 2.16. The second kappa shape index (κ2) is 9.36. The molecule has 0 bridgehead atoms. The molecule has 0 fully saturated rings. The normalized spacial score (nSPS) is 10.7. The van der Waals surface area contributed by atoms with Crippen molar-refractivity contribution in [3.63, 3.8) is 0 Å². The van der Waals surface area contributed by atoms with Gasteiger partial charge < -0.3 is 14.6 Å². The minimum absolute atomic E-state index is 0.0623. The Bertz CT molecular complexity index is 1130. The minimum Gasteiger partial charge on any atom is -0.484 e. The topological polar surface area (TPSA) is 118 Å². The first-order valence-electron chi connectivity index (χ1n) is 9.21. The van der Waals surface area contributed by atoms with Crippen LogP contribution in [-0.2, 0) is 11.3 Å². The smallest absolute Gasteiger partial charge is 0.269 e. The van der Waals surface area contributed by atoms with E-state index in [0.717, 1.165) is 0 Å². The van der Waals surface area contributed by atoms with Crippen LogP contribution in [0.3, 0.4) is 0 Å². The van der Waals surface area contributed by atoms with Crippen LogP contribution in [-0.4, -0.2) is 38.8 Å². The fraction of sp³-hybridized carbons (Fsp3) is 0.250. The fourth-order valence-electron chi connectivity index (χ4n) is 2.88. The number of aromatic amines is 1. The van der Waals surface area contributed by atoms with Crippen LogP contribution in [0.2, 0.25) is 5.02 Å². The van der Waals surface area contributed by atoms with Crippen LogP contribution in [0.25, 0.3) is 10.9 Å². The molecule has 10 heteroatoms. The van der Waals surface area contributed by atoms with Gasteiger partial charge in [-0.2, -0.15) is 0 Å². The van der Waals surface area contributed by atoms with E-state index in [9.17, 15) is 19.7 Å². The number of carbonyl (C=O) groups excluding carboxylic acids is 1. The van der Waals surface area contributed by atoms with Crippen molar-refractivity contribution >= 4 is 34.1 Å². The Morgan fingerprint density at radius 1 is 1.27 bits per heavy atom. The maximum absolute atomic E-state index is 12.6. The Hall–Kier alpha value is -3.46. The third kappa shape index (κ3) is 5.12. The molecule has 30 heavy (non-hydrogen) atoms. The van der Waals surface area contributed by atoms with Gasteiger partial charge in [0.1, 0.15) is 11.6 Å². The molecule has 9 nitrogen and oxygen atoms in total. The summed E-state index contributed by atoms with van der Waals surface area (Å²) in [7, 11) is 0. The molecule has 156 valence electrons.